The van der Waals surface area contributed by atoms with Crippen molar-refractivity contribution >= 4 is 15.9 Å². The topological polar surface area (TPSA) is 9.23 Å². The summed E-state index contributed by atoms with van der Waals surface area (Å²) in [6, 6.07) is 5.44. The molecule has 0 aromatic heterocycles. The Morgan fingerprint density at radius 1 is 1.33 bits per heavy atom. The van der Waals surface area contributed by atoms with Crippen LogP contribution in [0.1, 0.15) is 45.6 Å². The van der Waals surface area contributed by atoms with Gasteiger partial charge in [0.05, 0.1) is 7.11 Å². The normalized spacial score (nSPS) is 26.7. The number of methoxy groups -OCH3 is 1. The van der Waals surface area contributed by atoms with Gasteiger partial charge in [-0.3, -0.25) is 0 Å². The summed E-state index contributed by atoms with van der Waals surface area (Å²) in [5.41, 5.74) is 0.833. The summed E-state index contributed by atoms with van der Waals surface area (Å²) in [5, 5.41) is 0. The first-order chi connectivity index (χ1) is 9.85. The van der Waals surface area contributed by atoms with Gasteiger partial charge < -0.3 is 4.74 Å². The summed E-state index contributed by atoms with van der Waals surface area (Å²) in [6.07, 6.45) is 4.46. The quantitative estimate of drug-likeness (QED) is 0.637. The molecule has 0 amide bonds. The molecule has 0 heterocycles. The number of hydrogen-bond acceptors (Lipinski definition) is 1. The molecule has 1 aliphatic carbocycles. The third-order valence-corrected chi connectivity index (χ3v) is 5.96. The summed E-state index contributed by atoms with van der Waals surface area (Å²) in [4.78, 5) is 0.532. The number of hydrogen-bond donors (Lipinski definition) is 0. The highest BCUT2D eigenvalue weighted by Crippen LogP contribution is 2.45. The van der Waals surface area contributed by atoms with Crippen LogP contribution >= 0.6 is 15.9 Å². The first-order valence-electron chi connectivity index (χ1n) is 7.80. The molecule has 0 bridgehead atoms. The molecular formula is C18H26BrFO. The maximum Gasteiger partial charge on any atom is 0.168 e. The molecule has 3 heteroatoms. The second kappa shape index (κ2) is 6.68. The fraction of sp³-hybridized carbons (Fsp3) is 0.667. The summed E-state index contributed by atoms with van der Waals surface area (Å²) in [5.74, 6) is 1.51. The third kappa shape index (κ3) is 3.80. The molecule has 118 valence electrons. The molecule has 2 rings (SSSR count). The molecule has 0 radical (unpaired) electrons. The molecule has 1 aromatic carbocycles. The highest BCUT2D eigenvalue weighted by molar-refractivity contribution is 9.09. The van der Waals surface area contributed by atoms with Crippen molar-refractivity contribution in [2.45, 2.75) is 51.3 Å². The second-order valence-corrected chi connectivity index (χ2v) is 8.32. The van der Waals surface area contributed by atoms with Crippen molar-refractivity contribution in [1.29, 1.82) is 0 Å². The Labute approximate surface area is 136 Å². The average Bonchev–Trinajstić information content (AvgIpc) is 2.40. The third-order valence-electron chi connectivity index (χ3n) is 4.95. The minimum absolute atomic E-state index is 0.0709. The number of alkyl halides is 1. The van der Waals surface area contributed by atoms with E-state index in [1.165, 1.54) is 26.4 Å². The van der Waals surface area contributed by atoms with Crippen LogP contribution in [0.15, 0.2) is 18.2 Å². The summed E-state index contributed by atoms with van der Waals surface area (Å²) < 4.78 is 19.5. The van der Waals surface area contributed by atoms with Gasteiger partial charge >= 0.3 is 0 Å². The smallest absolute Gasteiger partial charge is 0.168 e. The molecule has 0 spiro atoms. The minimum atomic E-state index is -0.205. The van der Waals surface area contributed by atoms with E-state index >= 15 is 0 Å². The van der Waals surface area contributed by atoms with Crippen molar-refractivity contribution in [2.75, 3.05) is 7.11 Å². The van der Waals surface area contributed by atoms with E-state index in [1.807, 2.05) is 12.1 Å². The predicted octanol–water partition coefficient (Wildman–Crippen LogP) is 5.60. The van der Waals surface area contributed by atoms with E-state index in [0.29, 0.717) is 16.5 Å². The first kappa shape index (κ1) is 16.8. The zero-order valence-electron chi connectivity index (χ0n) is 13.5. The van der Waals surface area contributed by atoms with Gasteiger partial charge in [0, 0.05) is 4.83 Å². The van der Waals surface area contributed by atoms with Crippen LogP contribution in [0.3, 0.4) is 0 Å². The van der Waals surface area contributed by atoms with Crippen molar-refractivity contribution in [3.05, 3.63) is 29.6 Å². The Morgan fingerprint density at radius 3 is 2.67 bits per heavy atom. The number of halogens is 2. The first-order valence-corrected chi connectivity index (χ1v) is 8.72. The minimum Gasteiger partial charge on any atom is -0.494 e. The lowest BCUT2D eigenvalue weighted by atomic mass is 9.66. The van der Waals surface area contributed by atoms with Crippen LogP contribution < -0.4 is 4.74 Å². The molecule has 0 saturated heterocycles. The van der Waals surface area contributed by atoms with Gasteiger partial charge in [0.2, 0.25) is 0 Å². The maximum atomic E-state index is 14.4. The van der Waals surface area contributed by atoms with Gasteiger partial charge in [-0.25, -0.2) is 4.39 Å². The van der Waals surface area contributed by atoms with Crippen LogP contribution in [0, 0.1) is 23.1 Å². The van der Waals surface area contributed by atoms with Crippen LogP contribution in [-0.4, -0.2) is 11.9 Å². The van der Waals surface area contributed by atoms with E-state index in [4.69, 9.17) is 4.74 Å². The van der Waals surface area contributed by atoms with Crippen molar-refractivity contribution in [1.82, 2.24) is 0 Å². The largest absolute Gasteiger partial charge is 0.494 e. The Hall–Kier alpha value is -0.570. The predicted molar refractivity (Wildman–Crippen MR) is 89.7 cm³/mol. The zero-order valence-corrected chi connectivity index (χ0v) is 15.0. The molecule has 1 aliphatic rings. The Bertz CT molecular complexity index is 486. The Kier molecular flexibility index (Phi) is 5.34. The number of benzene rings is 1. The number of ether oxygens (including phenoxy) is 1. The van der Waals surface area contributed by atoms with E-state index in [9.17, 15) is 4.39 Å². The van der Waals surface area contributed by atoms with Crippen LogP contribution in [0.2, 0.25) is 0 Å². The fourth-order valence-corrected chi connectivity index (χ4v) is 5.28. The van der Waals surface area contributed by atoms with Gasteiger partial charge in [0.25, 0.3) is 0 Å². The van der Waals surface area contributed by atoms with Crippen molar-refractivity contribution < 1.29 is 9.13 Å². The lowest BCUT2D eigenvalue weighted by Crippen LogP contribution is -2.37. The van der Waals surface area contributed by atoms with E-state index in [2.05, 4.69) is 36.7 Å². The van der Waals surface area contributed by atoms with E-state index in [0.717, 1.165) is 17.9 Å². The van der Waals surface area contributed by atoms with Gasteiger partial charge in [-0.15, -0.1) is 0 Å². The molecule has 21 heavy (non-hydrogen) atoms. The molecule has 1 saturated carbocycles. The molecule has 0 aliphatic heterocycles. The van der Waals surface area contributed by atoms with Crippen molar-refractivity contribution in [3.63, 3.8) is 0 Å². The van der Waals surface area contributed by atoms with Crippen LogP contribution in [0.5, 0.6) is 5.75 Å². The van der Waals surface area contributed by atoms with Crippen molar-refractivity contribution in [3.8, 4) is 5.75 Å². The van der Waals surface area contributed by atoms with Gasteiger partial charge in [0.1, 0.15) is 0 Å². The Balaban J connectivity index is 2.17. The zero-order chi connectivity index (χ0) is 15.6. The molecule has 3 unspecified atom stereocenters. The lowest BCUT2D eigenvalue weighted by molar-refractivity contribution is 0.145. The summed E-state index contributed by atoms with van der Waals surface area (Å²) in [6.45, 7) is 6.85. The molecule has 1 aromatic rings. The van der Waals surface area contributed by atoms with E-state index in [1.54, 1.807) is 6.07 Å². The lowest BCUT2D eigenvalue weighted by Gasteiger charge is -2.42. The van der Waals surface area contributed by atoms with Crippen LogP contribution in [0.4, 0.5) is 4.39 Å². The summed E-state index contributed by atoms with van der Waals surface area (Å²) in [7, 11) is 1.52. The molecule has 1 fully saturated rings. The van der Waals surface area contributed by atoms with Crippen molar-refractivity contribution in [2.24, 2.45) is 17.3 Å². The van der Waals surface area contributed by atoms with Crippen LogP contribution in [0.25, 0.3) is 0 Å². The molecular weight excluding hydrogens is 331 g/mol. The fourth-order valence-electron chi connectivity index (χ4n) is 3.66. The van der Waals surface area contributed by atoms with Gasteiger partial charge in [0.15, 0.2) is 11.6 Å². The molecule has 3 atom stereocenters. The van der Waals surface area contributed by atoms with Gasteiger partial charge in [-0.05, 0) is 48.1 Å². The molecule has 1 nitrogen and oxygen atoms in total. The van der Waals surface area contributed by atoms with E-state index < -0.39 is 0 Å². The maximum absolute atomic E-state index is 14.4. The van der Waals surface area contributed by atoms with Crippen LogP contribution in [-0.2, 0) is 6.42 Å². The van der Waals surface area contributed by atoms with E-state index in [-0.39, 0.29) is 11.2 Å². The standard InChI is InChI=1S/C18H26BrFO/c1-12-8-9-14(15(19)10-12)18(2,3)11-13-6-5-7-16(21-4)17(13)20/h5-7,12,14-15H,8-11H2,1-4H3. The summed E-state index contributed by atoms with van der Waals surface area (Å²) >= 11 is 3.87. The van der Waals surface area contributed by atoms with Gasteiger partial charge in [-0.2, -0.15) is 0 Å². The highest BCUT2D eigenvalue weighted by Gasteiger charge is 2.38. The molecule has 0 N–H and O–H groups in total. The highest BCUT2D eigenvalue weighted by atomic mass is 79.9. The SMILES string of the molecule is COc1cccc(CC(C)(C)C2CCC(C)CC2Br)c1F. The van der Waals surface area contributed by atoms with Gasteiger partial charge in [-0.1, -0.05) is 55.3 Å². The monoisotopic (exact) mass is 356 g/mol. The average molecular weight is 357 g/mol. The number of rotatable bonds is 4. The Morgan fingerprint density at radius 2 is 2.05 bits per heavy atom. The second-order valence-electron chi connectivity index (χ2n) is 7.14.